The van der Waals surface area contributed by atoms with E-state index >= 15 is 0 Å². The zero-order chi connectivity index (χ0) is 23.3. The molecule has 1 aromatic heterocycles. The third-order valence-corrected chi connectivity index (χ3v) is 7.29. The molecule has 2 fully saturated rings. The van der Waals surface area contributed by atoms with E-state index in [9.17, 15) is 14.9 Å². The highest BCUT2D eigenvalue weighted by Gasteiger charge is 2.54. The van der Waals surface area contributed by atoms with Gasteiger partial charge in [-0.1, -0.05) is 18.2 Å². The number of hydrogen-bond acceptors (Lipinski definition) is 5. The molecule has 0 unspecified atom stereocenters. The highest BCUT2D eigenvalue weighted by atomic mass is 16.2. The quantitative estimate of drug-likeness (QED) is 0.609. The maximum Gasteiger partial charge on any atom is 0.232 e. The van der Waals surface area contributed by atoms with Gasteiger partial charge in [-0.2, -0.15) is 5.26 Å². The highest BCUT2D eigenvalue weighted by Crippen LogP contribution is 2.57. The van der Waals surface area contributed by atoms with Gasteiger partial charge >= 0.3 is 0 Å². The summed E-state index contributed by atoms with van der Waals surface area (Å²) in [6, 6.07) is 15.5. The standard InChI is InChI=1S/C27H23N5O2/c28-12-19-2-1-3-22(9-19)31-15-21(11-25(31)33)26(34)32-16-27(6-7-27)23-10-18(4-5-24(23)32)8-20-13-29-17-30-14-20/h1-5,9-10,13-14,17,21H,6-8,11,15-16H2/t21-/m0/s1. The minimum Gasteiger partial charge on any atom is -0.312 e. The second kappa shape index (κ2) is 7.77. The SMILES string of the molecule is N#Cc1cccc(N2C[C@@H](C(=O)N3CC4(CC4)c4cc(Cc5cncnc5)ccc43)CC2=O)c1. The van der Waals surface area contributed by atoms with E-state index in [1.54, 1.807) is 23.1 Å². The van der Waals surface area contributed by atoms with Gasteiger partial charge in [0.1, 0.15) is 6.33 Å². The number of anilines is 2. The molecule has 6 rings (SSSR count). The van der Waals surface area contributed by atoms with E-state index in [0.29, 0.717) is 24.3 Å². The monoisotopic (exact) mass is 449 g/mol. The summed E-state index contributed by atoms with van der Waals surface area (Å²) in [6.45, 7) is 1.03. The number of nitrogens with zero attached hydrogens (tertiary/aromatic N) is 5. The number of carbonyl (C=O) groups is 2. The van der Waals surface area contributed by atoms with Crippen LogP contribution in [0.5, 0.6) is 0 Å². The third kappa shape index (κ3) is 3.43. The van der Waals surface area contributed by atoms with Crippen molar-refractivity contribution in [2.75, 3.05) is 22.9 Å². The van der Waals surface area contributed by atoms with Gasteiger partial charge < -0.3 is 9.80 Å². The third-order valence-electron chi connectivity index (χ3n) is 7.29. The maximum atomic E-state index is 13.6. The second-order valence-electron chi connectivity index (χ2n) is 9.55. The van der Waals surface area contributed by atoms with E-state index in [0.717, 1.165) is 30.5 Å². The smallest absolute Gasteiger partial charge is 0.232 e. The number of carbonyl (C=O) groups excluding carboxylic acids is 2. The first-order valence-electron chi connectivity index (χ1n) is 11.6. The highest BCUT2D eigenvalue weighted by molar-refractivity contribution is 6.05. The van der Waals surface area contributed by atoms with E-state index in [1.807, 2.05) is 23.4 Å². The number of hydrogen-bond donors (Lipinski definition) is 0. The van der Waals surface area contributed by atoms with Crippen LogP contribution in [0.2, 0.25) is 0 Å². The maximum absolute atomic E-state index is 13.6. The summed E-state index contributed by atoms with van der Waals surface area (Å²) >= 11 is 0. The van der Waals surface area contributed by atoms with Gasteiger partial charge in [0.15, 0.2) is 0 Å². The van der Waals surface area contributed by atoms with Crippen LogP contribution in [0.1, 0.15) is 41.5 Å². The van der Waals surface area contributed by atoms with Crippen LogP contribution in [0.3, 0.4) is 0 Å². The average molecular weight is 450 g/mol. The number of rotatable bonds is 4. The van der Waals surface area contributed by atoms with Crippen molar-refractivity contribution in [3.63, 3.8) is 0 Å². The molecule has 3 heterocycles. The van der Waals surface area contributed by atoms with Crippen molar-refractivity contribution in [2.45, 2.75) is 31.1 Å². The second-order valence-corrected chi connectivity index (χ2v) is 9.55. The fourth-order valence-electron chi connectivity index (χ4n) is 5.34. The van der Waals surface area contributed by atoms with E-state index < -0.39 is 0 Å². The van der Waals surface area contributed by atoms with Gasteiger partial charge in [-0.15, -0.1) is 0 Å². The Morgan fingerprint density at radius 2 is 1.94 bits per heavy atom. The first-order chi connectivity index (χ1) is 16.6. The lowest BCUT2D eigenvalue weighted by atomic mass is 9.95. The Hall–Kier alpha value is -4.05. The van der Waals surface area contributed by atoms with Crippen molar-refractivity contribution < 1.29 is 9.59 Å². The predicted molar refractivity (Wildman–Crippen MR) is 126 cm³/mol. The van der Waals surface area contributed by atoms with Crippen LogP contribution in [-0.2, 0) is 21.4 Å². The lowest BCUT2D eigenvalue weighted by Gasteiger charge is -2.22. The molecule has 3 aliphatic rings. The molecule has 34 heavy (non-hydrogen) atoms. The molecular weight excluding hydrogens is 426 g/mol. The Bertz CT molecular complexity index is 1340. The summed E-state index contributed by atoms with van der Waals surface area (Å²) < 4.78 is 0. The van der Waals surface area contributed by atoms with Crippen LogP contribution in [-0.4, -0.2) is 34.9 Å². The van der Waals surface area contributed by atoms with Gasteiger partial charge in [0.25, 0.3) is 0 Å². The lowest BCUT2D eigenvalue weighted by molar-refractivity contribution is -0.124. The normalized spacial score (nSPS) is 19.9. The van der Waals surface area contributed by atoms with E-state index in [2.05, 4.69) is 34.2 Å². The lowest BCUT2D eigenvalue weighted by Crippen LogP contribution is -2.37. The van der Waals surface area contributed by atoms with Crippen LogP contribution in [0.25, 0.3) is 0 Å². The summed E-state index contributed by atoms with van der Waals surface area (Å²) in [6.07, 6.45) is 8.31. The van der Waals surface area contributed by atoms with Crippen molar-refractivity contribution in [1.82, 2.24) is 9.97 Å². The Labute approximate surface area is 197 Å². The number of nitriles is 1. The molecule has 0 radical (unpaired) electrons. The average Bonchev–Trinajstić information content (AvgIpc) is 3.45. The largest absolute Gasteiger partial charge is 0.312 e. The summed E-state index contributed by atoms with van der Waals surface area (Å²) in [7, 11) is 0. The van der Waals surface area contributed by atoms with Crippen LogP contribution in [0, 0.1) is 17.2 Å². The zero-order valence-corrected chi connectivity index (χ0v) is 18.6. The Balaban J connectivity index is 1.24. The molecule has 1 atom stereocenters. The van der Waals surface area contributed by atoms with Gasteiger partial charge in [-0.3, -0.25) is 9.59 Å². The van der Waals surface area contributed by atoms with E-state index in [1.165, 1.54) is 17.5 Å². The Morgan fingerprint density at radius 3 is 2.71 bits per heavy atom. The van der Waals surface area contributed by atoms with Gasteiger partial charge in [0.2, 0.25) is 11.8 Å². The topological polar surface area (TPSA) is 90.2 Å². The van der Waals surface area contributed by atoms with Gasteiger partial charge in [-0.05, 0) is 53.8 Å². The number of fused-ring (bicyclic) bond motifs is 2. The molecule has 1 aliphatic carbocycles. The number of benzene rings is 2. The minimum atomic E-state index is -0.388. The van der Waals surface area contributed by atoms with Crippen LogP contribution in [0.15, 0.2) is 61.2 Å². The molecule has 3 aromatic rings. The van der Waals surface area contributed by atoms with Crippen LogP contribution >= 0.6 is 0 Å². The summed E-state index contributed by atoms with van der Waals surface area (Å²) in [5.41, 5.74) is 5.71. The molecule has 2 aliphatic heterocycles. The summed E-state index contributed by atoms with van der Waals surface area (Å²) in [5.74, 6) is -0.447. The fraction of sp³-hybridized carbons (Fsp3) is 0.296. The Morgan fingerprint density at radius 1 is 1.12 bits per heavy atom. The van der Waals surface area contributed by atoms with E-state index in [-0.39, 0.29) is 29.6 Å². The molecule has 168 valence electrons. The minimum absolute atomic E-state index is 0.0153. The fourth-order valence-corrected chi connectivity index (χ4v) is 5.34. The van der Waals surface area contributed by atoms with Crippen LogP contribution in [0.4, 0.5) is 11.4 Å². The molecule has 2 aromatic carbocycles. The molecule has 0 bridgehead atoms. The Kier molecular flexibility index (Phi) is 4.70. The van der Waals surface area contributed by atoms with Crippen molar-refractivity contribution in [3.8, 4) is 6.07 Å². The van der Waals surface area contributed by atoms with Gasteiger partial charge in [0, 0.05) is 55.1 Å². The van der Waals surface area contributed by atoms with Crippen molar-refractivity contribution >= 4 is 23.2 Å². The van der Waals surface area contributed by atoms with Crippen molar-refractivity contribution in [3.05, 3.63) is 83.4 Å². The van der Waals surface area contributed by atoms with Gasteiger partial charge in [0.05, 0.1) is 17.6 Å². The number of amides is 2. The molecule has 1 saturated heterocycles. The van der Waals surface area contributed by atoms with E-state index in [4.69, 9.17) is 0 Å². The zero-order valence-electron chi connectivity index (χ0n) is 18.6. The number of aromatic nitrogens is 2. The molecule has 1 saturated carbocycles. The molecule has 0 N–H and O–H groups in total. The molecule has 2 amide bonds. The summed E-state index contributed by atoms with van der Waals surface area (Å²) in [5, 5.41) is 9.18. The molecule has 7 nitrogen and oxygen atoms in total. The summed E-state index contributed by atoms with van der Waals surface area (Å²) in [4.78, 5) is 38.2. The first-order valence-corrected chi connectivity index (χ1v) is 11.6. The molecule has 7 heteroatoms. The molecular formula is C27H23N5O2. The van der Waals surface area contributed by atoms with Crippen molar-refractivity contribution in [2.24, 2.45) is 5.92 Å². The predicted octanol–water partition coefficient (Wildman–Crippen LogP) is 3.37. The molecule has 1 spiro atoms. The van der Waals surface area contributed by atoms with Gasteiger partial charge in [-0.25, -0.2) is 9.97 Å². The van der Waals surface area contributed by atoms with Crippen LogP contribution < -0.4 is 9.80 Å². The first kappa shape index (κ1) is 20.5. The van der Waals surface area contributed by atoms with Crippen molar-refractivity contribution in [1.29, 1.82) is 5.26 Å².